The predicted molar refractivity (Wildman–Crippen MR) is 128 cm³/mol. The van der Waals surface area contributed by atoms with E-state index in [1.807, 2.05) is 35.9 Å². The van der Waals surface area contributed by atoms with Gasteiger partial charge in [-0.05, 0) is 80.4 Å². The lowest BCUT2D eigenvalue weighted by molar-refractivity contribution is 0.210. The molecule has 1 atom stereocenters. The van der Waals surface area contributed by atoms with Gasteiger partial charge >= 0.3 is 0 Å². The first-order valence-corrected chi connectivity index (χ1v) is 12.6. The van der Waals surface area contributed by atoms with Gasteiger partial charge < -0.3 is 9.72 Å². The maximum atomic E-state index is 13.4. The monoisotopic (exact) mass is 450 g/mol. The van der Waals surface area contributed by atoms with Crippen molar-refractivity contribution in [3.63, 3.8) is 0 Å². The summed E-state index contributed by atoms with van der Waals surface area (Å²) in [5, 5.41) is 14.0. The van der Waals surface area contributed by atoms with E-state index in [2.05, 4.69) is 25.4 Å². The molecule has 1 aromatic carbocycles. The zero-order valence-electron chi connectivity index (χ0n) is 19.5. The zero-order chi connectivity index (χ0) is 22.6. The van der Waals surface area contributed by atoms with Crippen LogP contribution in [-0.4, -0.2) is 49.8 Å². The second-order valence-electron chi connectivity index (χ2n) is 9.36. The molecule has 0 amide bonds. The van der Waals surface area contributed by atoms with E-state index >= 15 is 0 Å². The number of aromatic nitrogens is 5. The largest absolute Gasteiger partial charge is 0.494 e. The highest BCUT2D eigenvalue weighted by atomic mass is 16.5. The summed E-state index contributed by atoms with van der Waals surface area (Å²) >= 11 is 0. The van der Waals surface area contributed by atoms with Crippen LogP contribution < -0.4 is 10.3 Å². The number of rotatable bonds is 6. The molecule has 2 aromatic heterocycles. The molecule has 0 bridgehead atoms. The third-order valence-corrected chi connectivity index (χ3v) is 7.14. The molecule has 33 heavy (non-hydrogen) atoms. The highest BCUT2D eigenvalue weighted by Gasteiger charge is 2.33. The minimum atomic E-state index is -0.260. The fourth-order valence-electron chi connectivity index (χ4n) is 5.48. The molecule has 1 aliphatic carbocycles. The molecular weight excluding hydrogens is 416 g/mol. The number of ether oxygens (including phenoxy) is 1. The lowest BCUT2D eigenvalue weighted by atomic mass is 9.95. The summed E-state index contributed by atoms with van der Waals surface area (Å²) in [7, 11) is 0. The van der Waals surface area contributed by atoms with Crippen LogP contribution in [0.2, 0.25) is 0 Å². The molecule has 3 aromatic rings. The van der Waals surface area contributed by atoms with Crippen molar-refractivity contribution in [3.05, 3.63) is 46.0 Å². The summed E-state index contributed by atoms with van der Waals surface area (Å²) in [5.41, 5.74) is 1.46. The molecule has 5 rings (SSSR count). The molecule has 1 aliphatic heterocycles. The van der Waals surface area contributed by atoms with Gasteiger partial charge in [-0.3, -0.25) is 9.69 Å². The van der Waals surface area contributed by atoms with Crippen molar-refractivity contribution >= 4 is 10.9 Å². The first-order chi connectivity index (χ1) is 16.2. The van der Waals surface area contributed by atoms with Gasteiger partial charge in [0.25, 0.3) is 5.56 Å². The van der Waals surface area contributed by atoms with Crippen LogP contribution in [0.25, 0.3) is 10.9 Å². The van der Waals surface area contributed by atoms with E-state index in [-0.39, 0.29) is 11.6 Å². The second-order valence-corrected chi connectivity index (χ2v) is 9.36. The van der Waals surface area contributed by atoms with Gasteiger partial charge in [-0.15, -0.1) is 5.10 Å². The van der Waals surface area contributed by atoms with Gasteiger partial charge in [0.15, 0.2) is 5.82 Å². The first kappa shape index (κ1) is 22.1. The summed E-state index contributed by atoms with van der Waals surface area (Å²) in [4.78, 5) is 18.9. The van der Waals surface area contributed by atoms with Crippen molar-refractivity contribution in [3.8, 4) is 5.75 Å². The summed E-state index contributed by atoms with van der Waals surface area (Å²) in [5.74, 6) is 1.61. The molecule has 3 heterocycles. The Balaban J connectivity index is 1.62. The van der Waals surface area contributed by atoms with Gasteiger partial charge in [0.05, 0.1) is 12.6 Å². The van der Waals surface area contributed by atoms with E-state index in [4.69, 9.17) is 4.74 Å². The maximum absolute atomic E-state index is 13.4. The average molecular weight is 451 g/mol. The molecule has 0 radical (unpaired) electrons. The predicted octanol–water partition coefficient (Wildman–Crippen LogP) is 4.38. The minimum Gasteiger partial charge on any atom is -0.494 e. The molecule has 1 saturated carbocycles. The molecule has 1 N–H and O–H groups in total. The Morgan fingerprint density at radius 2 is 1.82 bits per heavy atom. The summed E-state index contributed by atoms with van der Waals surface area (Å²) < 4.78 is 7.73. The number of nitrogens with zero attached hydrogens (tertiary/aromatic N) is 5. The molecule has 2 aliphatic rings. The molecule has 0 spiro atoms. The van der Waals surface area contributed by atoms with Gasteiger partial charge in [0.2, 0.25) is 0 Å². The third-order valence-electron chi connectivity index (χ3n) is 7.14. The standard InChI is InChI=1S/C25H34N6O2/c1-2-33-20-12-13-22-18(16-20)17-21(25(32)26-22)23(30-14-8-3-4-9-15-30)24-27-28-29-31(24)19-10-6-5-7-11-19/h12-13,16-17,19,23H,2-11,14-15H2,1H3,(H,26,32). The van der Waals surface area contributed by atoms with Crippen LogP contribution >= 0.6 is 0 Å². The minimum absolute atomic E-state index is 0.0703. The van der Waals surface area contributed by atoms with Crippen LogP contribution in [0, 0.1) is 0 Å². The summed E-state index contributed by atoms with van der Waals surface area (Å²) in [6, 6.07) is 7.88. The van der Waals surface area contributed by atoms with E-state index in [9.17, 15) is 4.79 Å². The number of H-pyrrole nitrogens is 1. The van der Waals surface area contributed by atoms with Crippen LogP contribution in [-0.2, 0) is 0 Å². The molecule has 1 saturated heterocycles. The van der Waals surface area contributed by atoms with Crippen LogP contribution in [0.1, 0.15) is 88.2 Å². The van der Waals surface area contributed by atoms with Crippen molar-refractivity contribution < 1.29 is 4.74 Å². The number of fused-ring (bicyclic) bond motifs is 1. The summed E-state index contributed by atoms with van der Waals surface area (Å²) in [6.07, 6.45) is 10.6. The number of aromatic amines is 1. The average Bonchev–Trinajstić information content (AvgIpc) is 3.16. The Labute approximate surface area is 194 Å². The molecular formula is C25H34N6O2. The SMILES string of the molecule is CCOc1ccc2[nH]c(=O)c(C(c3nnnn3C3CCCCC3)N3CCCCCC3)cc2c1. The topological polar surface area (TPSA) is 88.9 Å². The molecule has 176 valence electrons. The molecule has 8 nitrogen and oxygen atoms in total. The second kappa shape index (κ2) is 10.0. The van der Waals surface area contributed by atoms with Gasteiger partial charge in [0.1, 0.15) is 11.8 Å². The van der Waals surface area contributed by atoms with E-state index < -0.39 is 0 Å². The Kier molecular flexibility index (Phi) is 6.71. The van der Waals surface area contributed by atoms with Gasteiger partial charge in [0, 0.05) is 16.5 Å². The van der Waals surface area contributed by atoms with Crippen LogP contribution in [0.15, 0.2) is 29.1 Å². The Hall–Kier alpha value is -2.74. The van der Waals surface area contributed by atoms with Gasteiger partial charge in [-0.25, -0.2) is 4.68 Å². The first-order valence-electron chi connectivity index (χ1n) is 12.6. The van der Waals surface area contributed by atoms with E-state index in [0.29, 0.717) is 18.2 Å². The van der Waals surface area contributed by atoms with Crippen LogP contribution in [0.3, 0.4) is 0 Å². The lowest BCUT2D eigenvalue weighted by Crippen LogP contribution is -2.36. The van der Waals surface area contributed by atoms with Gasteiger partial charge in [-0.1, -0.05) is 32.1 Å². The highest BCUT2D eigenvalue weighted by molar-refractivity contribution is 5.80. The van der Waals surface area contributed by atoms with Crippen molar-refractivity contribution in [1.82, 2.24) is 30.1 Å². The van der Waals surface area contributed by atoms with Crippen LogP contribution in [0.5, 0.6) is 5.75 Å². The molecule has 8 heteroatoms. The lowest BCUT2D eigenvalue weighted by Gasteiger charge is -2.31. The Morgan fingerprint density at radius 1 is 1.06 bits per heavy atom. The quantitative estimate of drug-likeness (QED) is 0.599. The normalized spacial score (nSPS) is 19.4. The third kappa shape index (κ3) is 4.67. The number of pyridine rings is 1. The van der Waals surface area contributed by atoms with E-state index in [0.717, 1.165) is 61.2 Å². The maximum Gasteiger partial charge on any atom is 0.253 e. The Morgan fingerprint density at radius 3 is 2.58 bits per heavy atom. The van der Waals surface area contributed by atoms with Crippen molar-refractivity contribution in [1.29, 1.82) is 0 Å². The fraction of sp³-hybridized carbons (Fsp3) is 0.600. The van der Waals surface area contributed by atoms with E-state index in [1.165, 1.54) is 32.1 Å². The molecule has 2 fully saturated rings. The van der Waals surface area contributed by atoms with Crippen molar-refractivity contribution in [2.75, 3.05) is 19.7 Å². The van der Waals surface area contributed by atoms with Crippen molar-refractivity contribution in [2.45, 2.75) is 76.8 Å². The fourth-order valence-corrected chi connectivity index (χ4v) is 5.48. The number of nitrogens with one attached hydrogen (secondary N) is 1. The van der Waals surface area contributed by atoms with Crippen molar-refractivity contribution in [2.24, 2.45) is 0 Å². The van der Waals surface area contributed by atoms with Crippen LogP contribution in [0.4, 0.5) is 0 Å². The summed E-state index contributed by atoms with van der Waals surface area (Å²) in [6.45, 7) is 4.47. The van der Waals surface area contributed by atoms with Gasteiger partial charge in [-0.2, -0.15) is 0 Å². The number of benzene rings is 1. The smallest absolute Gasteiger partial charge is 0.253 e. The van der Waals surface area contributed by atoms with E-state index in [1.54, 1.807) is 0 Å². The number of likely N-dealkylation sites (tertiary alicyclic amines) is 1. The number of hydrogen-bond donors (Lipinski definition) is 1. The number of tetrazole rings is 1. The Bertz CT molecular complexity index is 1130. The number of hydrogen-bond acceptors (Lipinski definition) is 6. The molecule has 1 unspecified atom stereocenters. The highest BCUT2D eigenvalue weighted by Crippen LogP contribution is 2.34. The zero-order valence-corrected chi connectivity index (χ0v) is 19.5.